The molecule has 0 atom stereocenters. The Kier molecular flexibility index (Phi) is 5.51. The van der Waals surface area contributed by atoms with E-state index in [0.717, 1.165) is 11.6 Å². The fourth-order valence-electron chi connectivity index (χ4n) is 2.87. The molecular formula is C20H13F4IO3. The number of carbonyl (C=O) groups excluding carboxylic acids is 1. The van der Waals surface area contributed by atoms with Crippen LogP contribution in [0.2, 0.25) is 0 Å². The Morgan fingerprint density at radius 2 is 1.89 bits per heavy atom. The van der Waals surface area contributed by atoms with Crippen LogP contribution in [0.5, 0.6) is 5.75 Å². The van der Waals surface area contributed by atoms with Crippen molar-refractivity contribution < 1.29 is 31.9 Å². The summed E-state index contributed by atoms with van der Waals surface area (Å²) in [6.45, 7) is 1.85. The molecule has 0 aliphatic rings. The normalized spacial score (nSPS) is 11.6. The van der Waals surface area contributed by atoms with Crippen molar-refractivity contribution in [2.75, 3.05) is 0 Å². The number of hydrogen-bond acceptors (Lipinski definition) is 3. The summed E-state index contributed by atoms with van der Waals surface area (Å²) in [6.07, 6.45) is -3.06. The number of alkyl halides is 3. The lowest BCUT2D eigenvalue weighted by molar-refractivity contribution is -0.138. The molecule has 0 amide bonds. The number of phenolic OH excluding ortho intramolecular Hbond substituents is 1. The summed E-state index contributed by atoms with van der Waals surface area (Å²) in [4.78, 5) is 12.9. The number of furan rings is 1. The molecule has 3 rings (SSSR count). The molecule has 0 unspecified atom stereocenters. The minimum absolute atomic E-state index is 0.00918. The number of aromatic hydroxyl groups is 1. The van der Waals surface area contributed by atoms with Gasteiger partial charge in [0.15, 0.2) is 5.78 Å². The van der Waals surface area contributed by atoms with Gasteiger partial charge in [-0.3, -0.25) is 4.79 Å². The second kappa shape index (κ2) is 7.57. The predicted octanol–water partition coefficient (Wildman–Crippen LogP) is 6.21. The Hall–Kier alpha value is -2.36. The van der Waals surface area contributed by atoms with Crippen molar-refractivity contribution >= 4 is 28.4 Å². The zero-order chi connectivity index (χ0) is 20.6. The minimum atomic E-state index is -4.82. The van der Waals surface area contributed by atoms with Gasteiger partial charge in [0.25, 0.3) is 0 Å². The lowest BCUT2D eigenvalue weighted by Gasteiger charge is -2.13. The van der Waals surface area contributed by atoms with Crippen LogP contribution in [-0.4, -0.2) is 10.9 Å². The molecule has 1 aromatic heterocycles. The second-order valence-corrected chi connectivity index (χ2v) is 7.16. The van der Waals surface area contributed by atoms with Crippen LogP contribution in [0.4, 0.5) is 17.6 Å². The average molecular weight is 504 g/mol. The smallest absolute Gasteiger partial charge is 0.420 e. The standard InChI is InChI=1S/C20H13F4IO3/c1-2-10-3-4-12(21)9-14(10)19-13(5-6-28-19)17(26)11-7-15(20(22,23)24)18(27)16(25)8-11/h3-9,27H,2H2,1H3. The molecule has 0 aliphatic carbocycles. The maximum absolute atomic E-state index is 13.7. The van der Waals surface area contributed by atoms with Crippen LogP contribution in [0.25, 0.3) is 11.3 Å². The molecule has 0 saturated carbocycles. The van der Waals surface area contributed by atoms with Crippen molar-refractivity contribution in [2.24, 2.45) is 0 Å². The summed E-state index contributed by atoms with van der Waals surface area (Å²) < 4.78 is 58.5. The molecule has 3 aromatic rings. The van der Waals surface area contributed by atoms with Crippen molar-refractivity contribution in [3.63, 3.8) is 0 Å². The molecule has 0 saturated heterocycles. The molecular weight excluding hydrogens is 491 g/mol. The summed E-state index contributed by atoms with van der Waals surface area (Å²) in [5.74, 6) is -2.10. The summed E-state index contributed by atoms with van der Waals surface area (Å²) in [6, 6.07) is 7.15. The summed E-state index contributed by atoms with van der Waals surface area (Å²) in [7, 11) is 0. The third-order valence-electron chi connectivity index (χ3n) is 4.24. The monoisotopic (exact) mass is 504 g/mol. The zero-order valence-corrected chi connectivity index (χ0v) is 16.6. The van der Waals surface area contributed by atoms with E-state index in [4.69, 9.17) is 4.42 Å². The first kappa shape index (κ1) is 20.4. The highest BCUT2D eigenvalue weighted by molar-refractivity contribution is 14.1. The predicted molar refractivity (Wildman–Crippen MR) is 103 cm³/mol. The van der Waals surface area contributed by atoms with E-state index in [1.165, 1.54) is 47.1 Å². The van der Waals surface area contributed by atoms with Gasteiger partial charge in [0.2, 0.25) is 0 Å². The summed E-state index contributed by atoms with van der Waals surface area (Å²) in [5.41, 5.74) is -0.462. The van der Waals surface area contributed by atoms with Crippen molar-refractivity contribution in [2.45, 2.75) is 19.5 Å². The average Bonchev–Trinajstić information content (AvgIpc) is 3.11. The van der Waals surface area contributed by atoms with E-state index >= 15 is 0 Å². The lowest BCUT2D eigenvalue weighted by atomic mass is 9.95. The number of aryl methyl sites for hydroxylation is 1. The van der Waals surface area contributed by atoms with E-state index in [0.29, 0.717) is 18.1 Å². The SMILES string of the molecule is CCc1ccc(F)cc1-c1occc1C(=O)c1cc(I)c(O)c(C(F)(F)F)c1. The van der Waals surface area contributed by atoms with Gasteiger partial charge in [-0.1, -0.05) is 13.0 Å². The molecule has 0 radical (unpaired) electrons. The van der Waals surface area contributed by atoms with E-state index < -0.39 is 29.1 Å². The van der Waals surface area contributed by atoms with E-state index in [-0.39, 0.29) is 20.5 Å². The van der Waals surface area contributed by atoms with Gasteiger partial charge >= 0.3 is 6.18 Å². The number of benzene rings is 2. The first-order valence-corrected chi connectivity index (χ1v) is 9.22. The van der Waals surface area contributed by atoms with Crippen LogP contribution in [0.3, 0.4) is 0 Å². The molecule has 8 heteroatoms. The number of phenols is 1. The fraction of sp³-hybridized carbons (Fsp3) is 0.150. The first-order chi connectivity index (χ1) is 13.1. The van der Waals surface area contributed by atoms with Gasteiger partial charge in [0.05, 0.1) is 21.0 Å². The van der Waals surface area contributed by atoms with E-state index in [1.807, 2.05) is 6.92 Å². The molecule has 28 heavy (non-hydrogen) atoms. The third-order valence-corrected chi connectivity index (χ3v) is 5.06. The number of hydrogen-bond donors (Lipinski definition) is 1. The zero-order valence-electron chi connectivity index (χ0n) is 14.4. The first-order valence-electron chi connectivity index (χ1n) is 8.14. The van der Waals surface area contributed by atoms with Crippen LogP contribution in [0.15, 0.2) is 47.1 Å². The van der Waals surface area contributed by atoms with Gasteiger partial charge in [-0.05, 0) is 64.9 Å². The molecule has 2 aromatic carbocycles. The maximum atomic E-state index is 13.7. The number of carbonyl (C=O) groups is 1. The summed E-state index contributed by atoms with van der Waals surface area (Å²) >= 11 is 1.53. The van der Waals surface area contributed by atoms with Crippen molar-refractivity contribution in [1.82, 2.24) is 0 Å². The molecule has 1 heterocycles. The highest BCUT2D eigenvalue weighted by Gasteiger charge is 2.36. The topological polar surface area (TPSA) is 50.4 Å². The quantitative estimate of drug-likeness (QED) is 0.261. The Balaban J connectivity index is 2.14. The van der Waals surface area contributed by atoms with E-state index in [9.17, 15) is 27.5 Å². The molecule has 0 spiro atoms. The Morgan fingerprint density at radius 1 is 1.18 bits per heavy atom. The van der Waals surface area contributed by atoms with Crippen molar-refractivity contribution in [3.05, 3.63) is 74.3 Å². The maximum Gasteiger partial charge on any atom is 0.420 e. The van der Waals surface area contributed by atoms with Crippen molar-refractivity contribution in [1.29, 1.82) is 0 Å². The number of halogens is 5. The minimum Gasteiger partial charge on any atom is -0.506 e. The Bertz CT molecular complexity index is 1050. The van der Waals surface area contributed by atoms with Gasteiger partial charge in [-0.15, -0.1) is 0 Å². The van der Waals surface area contributed by atoms with E-state index in [2.05, 4.69) is 0 Å². The molecule has 0 aliphatic heterocycles. The number of ketones is 1. The van der Waals surface area contributed by atoms with Gasteiger partial charge in [-0.2, -0.15) is 13.2 Å². The largest absolute Gasteiger partial charge is 0.506 e. The van der Waals surface area contributed by atoms with Crippen LogP contribution >= 0.6 is 22.6 Å². The lowest BCUT2D eigenvalue weighted by Crippen LogP contribution is -2.10. The molecule has 0 fully saturated rings. The van der Waals surface area contributed by atoms with Gasteiger partial charge in [-0.25, -0.2) is 4.39 Å². The van der Waals surface area contributed by atoms with Gasteiger partial charge in [0.1, 0.15) is 17.3 Å². The molecule has 1 N–H and O–H groups in total. The molecule has 3 nitrogen and oxygen atoms in total. The van der Waals surface area contributed by atoms with Crippen LogP contribution in [-0.2, 0) is 12.6 Å². The Morgan fingerprint density at radius 3 is 2.54 bits per heavy atom. The third kappa shape index (κ3) is 3.78. The Labute approximate surface area is 171 Å². The van der Waals surface area contributed by atoms with Gasteiger partial charge < -0.3 is 9.52 Å². The highest BCUT2D eigenvalue weighted by Crippen LogP contribution is 2.40. The fourth-order valence-corrected chi connectivity index (χ4v) is 3.49. The van der Waals surface area contributed by atoms with Crippen LogP contribution < -0.4 is 0 Å². The van der Waals surface area contributed by atoms with Crippen molar-refractivity contribution in [3.8, 4) is 17.1 Å². The number of rotatable bonds is 4. The van der Waals surface area contributed by atoms with Gasteiger partial charge in [0, 0.05) is 11.1 Å². The molecule has 0 bridgehead atoms. The summed E-state index contributed by atoms with van der Waals surface area (Å²) in [5, 5.41) is 9.70. The second-order valence-electron chi connectivity index (χ2n) is 6.00. The molecule has 146 valence electrons. The van der Waals surface area contributed by atoms with E-state index in [1.54, 1.807) is 6.07 Å². The van der Waals surface area contributed by atoms with Crippen LogP contribution in [0, 0.1) is 9.39 Å². The van der Waals surface area contributed by atoms with Crippen LogP contribution in [0.1, 0.15) is 34.0 Å². The highest BCUT2D eigenvalue weighted by atomic mass is 127.